The number of rotatable bonds is 13. The van der Waals surface area contributed by atoms with Crippen molar-refractivity contribution in [2.45, 2.75) is 12.8 Å². The Labute approximate surface area is 266 Å². The molecule has 0 aliphatic rings. The minimum atomic E-state index is -0.531. The van der Waals surface area contributed by atoms with E-state index in [2.05, 4.69) is 10.6 Å². The molecule has 0 unspecified atom stereocenters. The molecular formula is C36H36N2O8. The van der Waals surface area contributed by atoms with Gasteiger partial charge in [0.1, 0.15) is 11.5 Å². The van der Waals surface area contributed by atoms with Gasteiger partial charge < -0.3 is 40.5 Å². The second kappa shape index (κ2) is 15.7. The predicted molar refractivity (Wildman–Crippen MR) is 175 cm³/mol. The second-order valence-electron chi connectivity index (χ2n) is 10.3. The molecule has 0 bridgehead atoms. The summed E-state index contributed by atoms with van der Waals surface area (Å²) in [7, 11) is 2.81. The van der Waals surface area contributed by atoms with Gasteiger partial charge in [-0.05, 0) is 95.8 Å². The van der Waals surface area contributed by atoms with Crippen molar-refractivity contribution < 1.29 is 39.5 Å². The molecule has 238 valence electrons. The number of phenols is 4. The van der Waals surface area contributed by atoms with Gasteiger partial charge in [-0.25, -0.2) is 0 Å². The van der Waals surface area contributed by atoms with E-state index < -0.39 is 11.8 Å². The van der Waals surface area contributed by atoms with Gasteiger partial charge in [0, 0.05) is 13.1 Å². The molecule has 10 heteroatoms. The molecule has 4 aromatic rings. The van der Waals surface area contributed by atoms with E-state index in [0.29, 0.717) is 24.0 Å². The summed E-state index contributed by atoms with van der Waals surface area (Å²) in [4.78, 5) is 27.7. The lowest BCUT2D eigenvalue weighted by Gasteiger charge is -2.15. The number of carbonyl (C=O) groups is 2. The molecule has 0 aliphatic carbocycles. The minimum Gasteiger partial charge on any atom is -0.508 e. The Balaban J connectivity index is 1.71. The van der Waals surface area contributed by atoms with Crippen LogP contribution in [0.25, 0.3) is 12.2 Å². The van der Waals surface area contributed by atoms with Gasteiger partial charge in [-0.3, -0.25) is 9.59 Å². The van der Waals surface area contributed by atoms with Crippen molar-refractivity contribution in [2.24, 2.45) is 0 Å². The van der Waals surface area contributed by atoms with Crippen molar-refractivity contribution in [1.29, 1.82) is 0 Å². The van der Waals surface area contributed by atoms with Crippen LogP contribution in [0.2, 0.25) is 0 Å². The summed E-state index contributed by atoms with van der Waals surface area (Å²) in [6.45, 7) is 0.477. The van der Waals surface area contributed by atoms with Crippen LogP contribution in [0.4, 0.5) is 0 Å². The molecule has 4 aromatic carbocycles. The van der Waals surface area contributed by atoms with Crippen LogP contribution in [0.3, 0.4) is 0 Å². The Hall–Kier alpha value is -5.90. The number of hydrogen-bond acceptors (Lipinski definition) is 8. The lowest BCUT2D eigenvalue weighted by molar-refractivity contribution is -0.120. The molecule has 0 radical (unpaired) electrons. The minimum absolute atomic E-state index is 0.0348. The summed E-state index contributed by atoms with van der Waals surface area (Å²) >= 11 is 0. The van der Waals surface area contributed by atoms with Gasteiger partial charge >= 0.3 is 0 Å². The summed E-state index contributed by atoms with van der Waals surface area (Å²) in [5.41, 5.74) is 2.84. The number of aromatic hydroxyl groups is 4. The molecule has 0 fully saturated rings. The Morgan fingerprint density at radius 2 is 0.957 bits per heavy atom. The Bertz CT molecular complexity index is 1600. The quantitative estimate of drug-likeness (QED) is 0.0922. The zero-order chi connectivity index (χ0) is 33.1. The van der Waals surface area contributed by atoms with Crippen molar-refractivity contribution in [1.82, 2.24) is 10.6 Å². The van der Waals surface area contributed by atoms with E-state index in [9.17, 15) is 30.0 Å². The van der Waals surface area contributed by atoms with E-state index in [4.69, 9.17) is 9.47 Å². The lowest BCUT2D eigenvalue weighted by atomic mass is 9.97. The molecule has 0 saturated carbocycles. The molecule has 0 spiro atoms. The first-order valence-electron chi connectivity index (χ1n) is 14.5. The summed E-state index contributed by atoms with van der Waals surface area (Å²) in [6.07, 6.45) is 4.00. The van der Waals surface area contributed by atoms with Gasteiger partial charge in [0.2, 0.25) is 0 Å². The van der Waals surface area contributed by atoms with Crippen LogP contribution < -0.4 is 20.1 Å². The fourth-order valence-corrected chi connectivity index (χ4v) is 4.59. The van der Waals surface area contributed by atoms with Crippen LogP contribution in [0, 0.1) is 0 Å². The van der Waals surface area contributed by atoms with Crippen LogP contribution in [-0.4, -0.2) is 59.5 Å². The summed E-state index contributed by atoms with van der Waals surface area (Å²) in [5.74, 6) is -0.579. The highest BCUT2D eigenvalue weighted by Crippen LogP contribution is 2.30. The van der Waals surface area contributed by atoms with Gasteiger partial charge in [-0.15, -0.1) is 0 Å². The van der Waals surface area contributed by atoms with E-state index >= 15 is 0 Å². The molecule has 2 amide bonds. The number of methoxy groups -OCH3 is 2. The third kappa shape index (κ3) is 9.06. The average Bonchev–Trinajstić information content (AvgIpc) is 3.05. The van der Waals surface area contributed by atoms with Crippen molar-refractivity contribution in [2.75, 3.05) is 27.3 Å². The number of carbonyl (C=O) groups excluding carboxylic acids is 2. The smallest absolute Gasteiger partial charge is 0.252 e. The Morgan fingerprint density at radius 1 is 0.587 bits per heavy atom. The predicted octanol–water partition coefficient (Wildman–Crippen LogP) is 4.71. The van der Waals surface area contributed by atoms with Gasteiger partial charge in [-0.2, -0.15) is 0 Å². The lowest BCUT2D eigenvalue weighted by Crippen LogP contribution is -2.33. The second-order valence-corrected chi connectivity index (χ2v) is 10.3. The first-order chi connectivity index (χ1) is 22.2. The first kappa shape index (κ1) is 33.0. The number of hydrogen-bond donors (Lipinski definition) is 6. The molecule has 46 heavy (non-hydrogen) atoms. The molecule has 6 N–H and O–H groups in total. The maximum absolute atomic E-state index is 13.8. The highest BCUT2D eigenvalue weighted by molar-refractivity contribution is 6.16. The highest BCUT2D eigenvalue weighted by atomic mass is 16.5. The Kier molecular flexibility index (Phi) is 11.3. The van der Waals surface area contributed by atoms with Crippen LogP contribution in [0.1, 0.15) is 22.3 Å². The van der Waals surface area contributed by atoms with E-state index in [1.54, 1.807) is 72.8 Å². The molecule has 0 heterocycles. The normalized spacial score (nSPS) is 11.5. The van der Waals surface area contributed by atoms with Crippen LogP contribution >= 0.6 is 0 Å². The number of nitrogens with one attached hydrogen (secondary N) is 2. The topological polar surface area (TPSA) is 158 Å². The van der Waals surface area contributed by atoms with Gasteiger partial charge in [-0.1, -0.05) is 36.4 Å². The summed E-state index contributed by atoms with van der Waals surface area (Å²) < 4.78 is 10.5. The highest BCUT2D eigenvalue weighted by Gasteiger charge is 2.22. The van der Waals surface area contributed by atoms with Crippen molar-refractivity contribution >= 4 is 24.0 Å². The zero-order valence-corrected chi connectivity index (χ0v) is 25.5. The largest absolute Gasteiger partial charge is 0.508 e. The Morgan fingerprint density at radius 3 is 1.30 bits per heavy atom. The van der Waals surface area contributed by atoms with Crippen molar-refractivity contribution in [3.8, 4) is 34.5 Å². The fraction of sp³-hybridized carbons (Fsp3) is 0.167. The number of amides is 2. The van der Waals surface area contributed by atoms with Crippen molar-refractivity contribution in [3.63, 3.8) is 0 Å². The summed E-state index contributed by atoms with van der Waals surface area (Å²) in [5, 5.41) is 45.2. The third-order valence-electron chi connectivity index (χ3n) is 7.08. The SMILES string of the molecule is COc1cc(/C=C(C(=O)NCCc2ccc(O)cc2)/C(=C\c2ccc(O)c(OC)c2)C(=O)NCCc2ccc(O)cc2)ccc1O. The summed E-state index contributed by atoms with van der Waals surface area (Å²) in [6, 6.07) is 22.4. The molecule has 0 atom stereocenters. The van der Waals surface area contributed by atoms with Gasteiger partial charge in [0.15, 0.2) is 23.0 Å². The van der Waals surface area contributed by atoms with Crippen LogP contribution in [0.5, 0.6) is 34.5 Å². The third-order valence-corrected chi connectivity index (χ3v) is 7.08. The van der Waals surface area contributed by atoms with Crippen molar-refractivity contribution in [3.05, 3.63) is 118 Å². The zero-order valence-electron chi connectivity index (χ0n) is 25.5. The van der Waals surface area contributed by atoms with E-state index in [-0.39, 0.29) is 58.7 Å². The van der Waals surface area contributed by atoms with E-state index in [1.165, 1.54) is 38.5 Å². The number of benzene rings is 4. The van der Waals surface area contributed by atoms with Gasteiger partial charge in [0.25, 0.3) is 11.8 Å². The average molecular weight is 625 g/mol. The van der Waals surface area contributed by atoms with E-state index in [1.807, 2.05) is 0 Å². The molecule has 0 aromatic heterocycles. The molecule has 4 rings (SSSR count). The number of ether oxygens (including phenoxy) is 2. The maximum Gasteiger partial charge on any atom is 0.252 e. The monoisotopic (exact) mass is 624 g/mol. The molecular weight excluding hydrogens is 588 g/mol. The maximum atomic E-state index is 13.8. The molecule has 10 nitrogen and oxygen atoms in total. The fourth-order valence-electron chi connectivity index (χ4n) is 4.59. The number of phenolic OH excluding ortho intramolecular Hbond substituents is 4. The standard InChI is InChI=1S/C36H36N2O8/c1-45-33-21-25(7-13-31(33)41)19-29(35(43)37-17-15-23-3-9-27(39)10-4-23)30(20-26-8-14-32(42)34(22-26)46-2)36(44)38-18-16-24-5-11-28(40)12-6-24/h3-14,19-22,39-42H,15-18H2,1-2H3,(H,37,43)(H,38,44)/b29-19-,30-20+. The van der Waals surface area contributed by atoms with Gasteiger partial charge in [0.05, 0.1) is 25.4 Å². The van der Waals surface area contributed by atoms with E-state index in [0.717, 1.165) is 11.1 Å². The first-order valence-corrected chi connectivity index (χ1v) is 14.5. The van der Waals surface area contributed by atoms with Crippen LogP contribution in [-0.2, 0) is 22.4 Å². The molecule has 0 aliphatic heterocycles. The molecule has 0 saturated heterocycles. The van der Waals surface area contributed by atoms with Crippen LogP contribution in [0.15, 0.2) is 96.1 Å².